The van der Waals surface area contributed by atoms with E-state index in [9.17, 15) is 8.42 Å². The maximum absolute atomic E-state index is 11.3. The first-order chi connectivity index (χ1) is 8.90. The van der Waals surface area contributed by atoms with Crippen molar-refractivity contribution in [2.75, 3.05) is 25.1 Å². The van der Waals surface area contributed by atoms with Gasteiger partial charge in [-0.3, -0.25) is 0 Å². The summed E-state index contributed by atoms with van der Waals surface area (Å²) < 4.78 is 22.6. The van der Waals surface area contributed by atoms with Crippen molar-refractivity contribution in [1.82, 2.24) is 5.32 Å². The lowest BCUT2D eigenvalue weighted by Crippen LogP contribution is -2.26. The highest BCUT2D eigenvalue weighted by molar-refractivity contribution is 7.90. The molecule has 1 aromatic carbocycles. The van der Waals surface area contributed by atoms with E-state index in [2.05, 4.69) is 43.4 Å². The molecule has 1 rings (SSSR count). The van der Waals surface area contributed by atoms with Gasteiger partial charge in [0.05, 0.1) is 5.75 Å². The summed E-state index contributed by atoms with van der Waals surface area (Å²) in [6, 6.07) is 8.44. The maximum atomic E-state index is 11.3. The van der Waals surface area contributed by atoms with Crippen molar-refractivity contribution in [2.24, 2.45) is 5.92 Å². The van der Waals surface area contributed by atoms with Crippen LogP contribution in [-0.2, 0) is 16.3 Å². The number of rotatable bonds is 8. The van der Waals surface area contributed by atoms with Gasteiger partial charge < -0.3 is 5.32 Å². The van der Waals surface area contributed by atoms with Crippen LogP contribution in [0.1, 0.15) is 24.5 Å². The number of sulfone groups is 1. The smallest absolute Gasteiger partial charge is 0.147 e. The Bertz CT molecular complexity index is 483. The van der Waals surface area contributed by atoms with Crippen molar-refractivity contribution in [3.05, 3.63) is 35.4 Å². The Morgan fingerprint density at radius 1 is 1.32 bits per heavy atom. The van der Waals surface area contributed by atoms with E-state index in [0.29, 0.717) is 5.92 Å². The summed E-state index contributed by atoms with van der Waals surface area (Å²) in [5, 5.41) is 3.32. The molecule has 19 heavy (non-hydrogen) atoms. The molecule has 0 fully saturated rings. The fourth-order valence-electron chi connectivity index (χ4n) is 2.18. The number of benzene rings is 1. The molecule has 0 saturated heterocycles. The number of hydrogen-bond acceptors (Lipinski definition) is 3. The van der Waals surface area contributed by atoms with Crippen LogP contribution >= 0.6 is 0 Å². The largest absolute Gasteiger partial charge is 0.317 e. The van der Waals surface area contributed by atoms with E-state index in [4.69, 9.17) is 0 Å². The Labute approximate surface area is 117 Å². The molecule has 0 saturated carbocycles. The fraction of sp³-hybridized carbons (Fsp3) is 0.600. The first kappa shape index (κ1) is 16.2. The van der Waals surface area contributed by atoms with Crippen LogP contribution in [0, 0.1) is 12.8 Å². The average Bonchev–Trinajstić information content (AvgIpc) is 2.31. The monoisotopic (exact) mass is 283 g/mol. The SMILES string of the molecule is CCNCC(CCS(C)(=O)=O)Cc1cccc(C)c1. The molecule has 4 heteroatoms. The number of nitrogens with one attached hydrogen (secondary N) is 1. The second kappa shape index (κ2) is 7.65. The van der Waals surface area contributed by atoms with Crippen LogP contribution in [0.25, 0.3) is 0 Å². The van der Waals surface area contributed by atoms with Crippen LogP contribution in [0.15, 0.2) is 24.3 Å². The Balaban J connectivity index is 2.63. The lowest BCUT2D eigenvalue weighted by Gasteiger charge is -2.17. The van der Waals surface area contributed by atoms with Crippen molar-refractivity contribution in [3.63, 3.8) is 0 Å². The molecular formula is C15H25NO2S. The highest BCUT2D eigenvalue weighted by atomic mass is 32.2. The third-order valence-corrected chi connectivity index (χ3v) is 4.16. The first-order valence-corrected chi connectivity index (χ1v) is 8.90. The number of aryl methyl sites for hydroxylation is 1. The van der Waals surface area contributed by atoms with Gasteiger partial charge in [0.25, 0.3) is 0 Å². The summed E-state index contributed by atoms with van der Waals surface area (Å²) in [6.45, 7) is 5.95. The van der Waals surface area contributed by atoms with Gasteiger partial charge in [0, 0.05) is 6.26 Å². The quantitative estimate of drug-likeness (QED) is 0.795. The predicted octanol–water partition coefficient (Wildman–Crippen LogP) is 2.20. The zero-order valence-electron chi connectivity index (χ0n) is 12.1. The second-order valence-electron chi connectivity index (χ2n) is 5.29. The molecule has 1 aromatic rings. The molecule has 0 aliphatic carbocycles. The molecule has 0 aliphatic rings. The summed E-state index contributed by atoms with van der Waals surface area (Å²) >= 11 is 0. The lowest BCUT2D eigenvalue weighted by molar-refractivity contribution is 0.465. The highest BCUT2D eigenvalue weighted by Crippen LogP contribution is 2.14. The molecule has 1 N–H and O–H groups in total. The second-order valence-corrected chi connectivity index (χ2v) is 7.55. The normalized spacial score (nSPS) is 13.4. The van der Waals surface area contributed by atoms with E-state index >= 15 is 0 Å². The third kappa shape index (κ3) is 7.33. The zero-order valence-corrected chi connectivity index (χ0v) is 13.0. The van der Waals surface area contributed by atoms with Crippen molar-refractivity contribution >= 4 is 9.84 Å². The standard InChI is InChI=1S/C15H25NO2S/c1-4-16-12-15(8-9-19(3,17)18)11-14-7-5-6-13(2)10-14/h5-7,10,15-16H,4,8-9,11-12H2,1-3H3. The summed E-state index contributed by atoms with van der Waals surface area (Å²) in [5.41, 5.74) is 2.54. The Hall–Kier alpha value is -0.870. The van der Waals surface area contributed by atoms with Gasteiger partial charge in [-0.15, -0.1) is 0 Å². The minimum Gasteiger partial charge on any atom is -0.317 e. The van der Waals surface area contributed by atoms with Gasteiger partial charge >= 0.3 is 0 Å². The lowest BCUT2D eigenvalue weighted by atomic mass is 9.96. The minimum atomic E-state index is -2.87. The fourth-order valence-corrected chi connectivity index (χ4v) is 2.94. The van der Waals surface area contributed by atoms with E-state index in [-0.39, 0.29) is 5.75 Å². The van der Waals surface area contributed by atoms with Crippen LogP contribution in [-0.4, -0.2) is 33.5 Å². The Morgan fingerprint density at radius 3 is 2.63 bits per heavy atom. The molecule has 0 bridgehead atoms. The van der Waals surface area contributed by atoms with Crippen molar-refractivity contribution < 1.29 is 8.42 Å². The van der Waals surface area contributed by atoms with E-state index in [1.54, 1.807) is 0 Å². The van der Waals surface area contributed by atoms with Crippen molar-refractivity contribution in [1.29, 1.82) is 0 Å². The van der Waals surface area contributed by atoms with Gasteiger partial charge in [-0.25, -0.2) is 8.42 Å². The summed E-state index contributed by atoms with van der Waals surface area (Å²) in [5.74, 6) is 0.644. The van der Waals surface area contributed by atoms with Gasteiger partial charge in [0.2, 0.25) is 0 Å². The van der Waals surface area contributed by atoms with Crippen LogP contribution in [0.3, 0.4) is 0 Å². The molecule has 0 aliphatic heterocycles. The first-order valence-electron chi connectivity index (χ1n) is 6.84. The van der Waals surface area contributed by atoms with Crippen molar-refractivity contribution in [3.8, 4) is 0 Å². The van der Waals surface area contributed by atoms with Crippen LogP contribution in [0.2, 0.25) is 0 Å². The minimum absolute atomic E-state index is 0.273. The molecule has 3 nitrogen and oxygen atoms in total. The van der Waals surface area contributed by atoms with Crippen LogP contribution in [0.5, 0.6) is 0 Å². The van der Waals surface area contributed by atoms with Gasteiger partial charge in [0.1, 0.15) is 9.84 Å². The number of hydrogen-bond donors (Lipinski definition) is 1. The molecule has 0 amide bonds. The molecule has 1 unspecified atom stereocenters. The molecule has 108 valence electrons. The van der Waals surface area contributed by atoms with Crippen LogP contribution in [0.4, 0.5) is 0 Å². The van der Waals surface area contributed by atoms with Gasteiger partial charge in [-0.1, -0.05) is 36.8 Å². The van der Waals surface area contributed by atoms with E-state index in [1.165, 1.54) is 17.4 Å². The third-order valence-electron chi connectivity index (χ3n) is 3.19. The van der Waals surface area contributed by atoms with E-state index < -0.39 is 9.84 Å². The van der Waals surface area contributed by atoms with Gasteiger partial charge in [0.15, 0.2) is 0 Å². The van der Waals surface area contributed by atoms with Crippen LogP contribution < -0.4 is 5.32 Å². The van der Waals surface area contributed by atoms with E-state index in [0.717, 1.165) is 25.9 Å². The topological polar surface area (TPSA) is 46.2 Å². The van der Waals surface area contributed by atoms with Gasteiger partial charge in [-0.2, -0.15) is 0 Å². The molecule has 0 aromatic heterocycles. The molecule has 0 spiro atoms. The maximum Gasteiger partial charge on any atom is 0.147 e. The highest BCUT2D eigenvalue weighted by Gasteiger charge is 2.13. The van der Waals surface area contributed by atoms with Crippen molar-refractivity contribution in [2.45, 2.75) is 26.7 Å². The van der Waals surface area contributed by atoms with Gasteiger partial charge in [-0.05, 0) is 44.3 Å². The molecule has 0 radical (unpaired) electrons. The summed E-state index contributed by atoms with van der Waals surface area (Å²) in [7, 11) is -2.87. The molecule has 0 heterocycles. The van der Waals surface area contributed by atoms with E-state index in [1.807, 2.05) is 0 Å². The summed E-state index contributed by atoms with van der Waals surface area (Å²) in [4.78, 5) is 0. The average molecular weight is 283 g/mol. The predicted molar refractivity (Wildman–Crippen MR) is 81.2 cm³/mol. The molecule has 1 atom stereocenters. The zero-order chi connectivity index (χ0) is 14.3. The summed E-state index contributed by atoms with van der Waals surface area (Å²) in [6.07, 6.45) is 2.97. The Kier molecular flexibility index (Phi) is 6.52. The molecular weight excluding hydrogens is 258 g/mol. The Morgan fingerprint density at radius 2 is 2.05 bits per heavy atom.